The summed E-state index contributed by atoms with van der Waals surface area (Å²) >= 11 is 0. The van der Waals surface area contributed by atoms with Crippen LogP contribution in [0.5, 0.6) is 0 Å². The van der Waals surface area contributed by atoms with E-state index < -0.39 is 0 Å². The molecule has 4 nitrogen and oxygen atoms in total. The van der Waals surface area contributed by atoms with Gasteiger partial charge in [-0.1, -0.05) is 13.8 Å². The van der Waals surface area contributed by atoms with Gasteiger partial charge in [0.05, 0.1) is 12.0 Å². The third kappa shape index (κ3) is 2.83. The highest BCUT2D eigenvalue weighted by Gasteiger charge is 2.44. The normalized spacial score (nSPS) is 22.3. The van der Waals surface area contributed by atoms with Crippen molar-refractivity contribution in [1.29, 1.82) is 0 Å². The third-order valence-corrected chi connectivity index (χ3v) is 3.49. The lowest BCUT2D eigenvalue weighted by Crippen LogP contribution is -2.18. The zero-order valence-corrected chi connectivity index (χ0v) is 10.2. The Balaban J connectivity index is 1.69. The van der Waals surface area contributed by atoms with Crippen molar-refractivity contribution >= 4 is 0 Å². The summed E-state index contributed by atoms with van der Waals surface area (Å²) in [6, 6.07) is 0. The Morgan fingerprint density at radius 3 is 3.00 bits per heavy atom. The first kappa shape index (κ1) is 11.6. The molecule has 1 aromatic rings. The van der Waals surface area contributed by atoms with Gasteiger partial charge in [0.1, 0.15) is 0 Å². The first-order valence-electron chi connectivity index (χ1n) is 6.03. The lowest BCUT2D eigenvalue weighted by atomic mass is 10.1. The van der Waals surface area contributed by atoms with Gasteiger partial charge in [-0.05, 0) is 24.3 Å². The van der Waals surface area contributed by atoms with Gasteiger partial charge in [0.2, 0.25) is 0 Å². The highest BCUT2D eigenvalue weighted by Crippen LogP contribution is 2.50. The molecular formula is C12H22N4. The van der Waals surface area contributed by atoms with E-state index in [1.807, 2.05) is 10.9 Å². The summed E-state index contributed by atoms with van der Waals surface area (Å²) in [4.78, 5) is 4.33. The molecule has 0 aromatic carbocycles. The molecule has 4 heteroatoms. The molecule has 90 valence electrons. The van der Waals surface area contributed by atoms with Gasteiger partial charge in [-0.25, -0.2) is 4.98 Å². The number of aromatic nitrogens is 2. The van der Waals surface area contributed by atoms with E-state index in [1.165, 1.54) is 6.42 Å². The molecular weight excluding hydrogens is 200 g/mol. The Morgan fingerprint density at radius 2 is 2.38 bits per heavy atom. The van der Waals surface area contributed by atoms with Crippen molar-refractivity contribution in [2.45, 2.75) is 33.4 Å². The van der Waals surface area contributed by atoms with Gasteiger partial charge in [-0.15, -0.1) is 0 Å². The van der Waals surface area contributed by atoms with Crippen molar-refractivity contribution in [2.24, 2.45) is 17.1 Å². The summed E-state index contributed by atoms with van der Waals surface area (Å²) in [5.41, 5.74) is 7.15. The second kappa shape index (κ2) is 4.55. The molecule has 1 saturated carbocycles. The minimum absolute atomic E-state index is 0.561. The molecule has 1 unspecified atom stereocenters. The van der Waals surface area contributed by atoms with E-state index in [9.17, 15) is 0 Å². The molecule has 1 aromatic heterocycles. The maximum Gasteiger partial charge on any atom is 0.0950 e. The zero-order chi connectivity index (χ0) is 11.6. The van der Waals surface area contributed by atoms with Gasteiger partial charge in [-0.3, -0.25) is 0 Å². The Bertz CT molecular complexity index is 343. The van der Waals surface area contributed by atoms with Gasteiger partial charge in [0.15, 0.2) is 0 Å². The maximum absolute atomic E-state index is 5.48. The summed E-state index contributed by atoms with van der Waals surface area (Å²) in [7, 11) is 0. The molecule has 0 bridgehead atoms. The highest BCUT2D eigenvalue weighted by atomic mass is 15.1. The van der Waals surface area contributed by atoms with Gasteiger partial charge < -0.3 is 15.6 Å². The lowest BCUT2D eigenvalue weighted by Gasteiger charge is -2.04. The van der Waals surface area contributed by atoms with Crippen LogP contribution in [0.4, 0.5) is 0 Å². The summed E-state index contributed by atoms with van der Waals surface area (Å²) in [5, 5.41) is 3.47. The fraction of sp³-hybridized carbons (Fsp3) is 0.750. The number of hydrogen-bond acceptors (Lipinski definition) is 3. The van der Waals surface area contributed by atoms with Crippen molar-refractivity contribution in [1.82, 2.24) is 14.9 Å². The number of imidazole rings is 1. The fourth-order valence-corrected chi connectivity index (χ4v) is 2.07. The van der Waals surface area contributed by atoms with Crippen LogP contribution >= 0.6 is 0 Å². The topological polar surface area (TPSA) is 55.9 Å². The van der Waals surface area contributed by atoms with E-state index in [0.29, 0.717) is 12.0 Å². The van der Waals surface area contributed by atoms with Crippen molar-refractivity contribution in [3.63, 3.8) is 0 Å². The van der Waals surface area contributed by atoms with Crippen LogP contribution in [0.15, 0.2) is 12.5 Å². The van der Waals surface area contributed by atoms with Crippen LogP contribution in [0.25, 0.3) is 0 Å². The summed E-state index contributed by atoms with van der Waals surface area (Å²) < 4.78 is 2.04. The van der Waals surface area contributed by atoms with E-state index in [2.05, 4.69) is 30.3 Å². The summed E-state index contributed by atoms with van der Waals surface area (Å²) in [6.45, 7) is 8.15. The van der Waals surface area contributed by atoms with Crippen molar-refractivity contribution in [3.05, 3.63) is 18.2 Å². The second-order valence-electron chi connectivity index (χ2n) is 5.41. The molecule has 0 amide bonds. The molecule has 1 aliphatic rings. The maximum atomic E-state index is 5.48. The van der Waals surface area contributed by atoms with Gasteiger partial charge in [0.25, 0.3) is 0 Å². The minimum atomic E-state index is 0.561. The molecule has 0 saturated heterocycles. The fourth-order valence-electron chi connectivity index (χ4n) is 2.07. The molecule has 16 heavy (non-hydrogen) atoms. The number of nitrogens with one attached hydrogen (secondary N) is 1. The smallest absolute Gasteiger partial charge is 0.0950 e. The zero-order valence-electron chi connectivity index (χ0n) is 10.2. The molecule has 1 heterocycles. The minimum Gasteiger partial charge on any atom is -0.336 e. The van der Waals surface area contributed by atoms with E-state index in [1.54, 1.807) is 0 Å². The molecule has 0 aliphatic heterocycles. The summed E-state index contributed by atoms with van der Waals surface area (Å²) in [5.74, 6) is 0.846. The van der Waals surface area contributed by atoms with Crippen LogP contribution in [-0.2, 0) is 13.1 Å². The molecule has 1 aliphatic carbocycles. The van der Waals surface area contributed by atoms with Crippen LogP contribution in [0.1, 0.15) is 26.0 Å². The Kier molecular flexibility index (Phi) is 3.30. The molecule has 1 fully saturated rings. The predicted octanol–water partition coefficient (Wildman–Crippen LogP) is 0.978. The summed E-state index contributed by atoms with van der Waals surface area (Å²) in [6.07, 6.45) is 5.27. The van der Waals surface area contributed by atoms with Gasteiger partial charge in [-0.2, -0.15) is 0 Å². The Labute approximate surface area is 97.2 Å². The molecule has 3 N–H and O–H groups in total. The van der Waals surface area contributed by atoms with Crippen molar-refractivity contribution < 1.29 is 0 Å². The van der Waals surface area contributed by atoms with E-state index in [0.717, 1.165) is 31.2 Å². The first-order valence-corrected chi connectivity index (χ1v) is 6.03. The van der Waals surface area contributed by atoms with E-state index in [-0.39, 0.29) is 0 Å². The highest BCUT2D eigenvalue weighted by molar-refractivity contribution is 4.99. The number of rotatable bonds is 6. The van der Waals surface area contributed by atoms with Crippen LogP contribution in [0, 0.1) is 11.3 Å². The van der Waals surface area contributed by atoms with Crippen LogP contribution < -0.4 is 11.1 Å². The number of nitrogens with zero attached hydrogens (tertiary/aromatic N) is 2. The van der Waals surface area contributed by atoms with E-state index >= 15 is 0 Å². The van der Waals surface area contributed by atoms with Crippen molar-refractivity contribution in [3.8, 4) is 0 Å². The Hall–Kier alpha value is -0.870. The van der Waals surface area contributed by atoms with Crippen molar-refractivity contribution in [2.75, 3.05) is 13.1 Å². The quantitative estimate of drug-likeness (QED) is 0.754. The molecule has 2 rings (SSSR count). The van der Waals surface area contributed by atoms with Gasteiger partial charge >= 0.3 is 0 Å². The SMILES string of the molecule is CC1(C)CC1CNCc1cn(CCN)cn1. The predicted molar refractivity (Wildman–Crippen MR) is 64.9 cm³/mol. The largest absolute Gasteiger partial charge is 0.336 e. The average molecular weight is 222 g/mol. The monoisotopic (exact) mass is 222 g/mol. The lowest BCUT2D eigenvalue weighted by molar-refractivity contribution is 0.517. The number of nitrogens with two attached hydrogens (primary N) is 1. The first-order chi connectivity index (χ1) is 7.62. The average Bonchev–Trinajstić information content (AvgIpc) is 2.63. The molecule has 0 spiro atoms. The van der Waals surface area contributed by atoms with E-state index in [4.69, 9.17) is 5.73 Å². The second-order valence-corrected chi connectivity index (χ2v) is 5.41. The number of hydrogen-bond donors (Lipinski definition) is 2. The molecule has 0 radical (unpaired) electrons. The van der Waals surface area contributed by atoms with Crippen LogP contribution in [0.3, 0.4) is 0 Å². The van der Waals surface area contributed by atoms with Crippen LogP contribution in [0.2, 0.25) is 0 Å². The van der Waals surface area contributed by atoms with Gasteiger partial charge in [0, 0.05) is 25.8 Å². The third-order valence-electron chi connectivity index (χ3n) is 3.49. The standard InChI is InChI=1S/C12H22N4/c1-12(2)5-10(12)6-14-7-11-8-16(4-3-13)9-15-11/h8-10,14H,3-7,13H2,1-2H3. The van der Waals surface area contributed by atoms with Crippen LogP contribution in [-0.4, -0.2) is 22.6 Å². The Morgan fingerprint density at radius 1 is 1.62 bits per heavy atom. The molecule has 1 atom stereocenters.